The van der Waals surface area contributed by atoms with Crippen LogP contribution >= 0.6 is 0 Å². The minimum Gasteiger partial charge on any atom is -0.508 e. The van der Waals surface area contributed by atoms with Gasteiger partial charge in [-0.2, -0.15) is 0 Å². The van der Waals surface area contributed by atoms with Gasteiger partial charge in [-0.3, -0.25) is 0 Å². The zero-order valence-corrected chi connectivity index (χ0v) is 29.3. The zero-order valence-electron chi connectivity index (χ0n) is 29.3. The van der Waals surface area contributed by atoms with E-state index >= 15 is 0 Å². The lowest BCUT2D eigenvalue weighted by atomic mass is 9.84. The molecule has 0 aliphatic heterocycles. The molecule has 0 atom stereocenters. The Morgan fingerprint density at radius 3 is 1.09 bits per heavy atom. The minimum atomic E-state index is 0.307. The SMILES string of the molecule is CCCCCCCCCCCC(c1ccc(O)c(CCCCCCCCC)c1)c1ccc(O)c(CCCCCCCCC)c1. The molecule has 2 aromatic carbocycles. The Morgan fingerprint density at radius 2 is 0.727 bits per heavy atom. The van der Waals surface area contributed by atoms with Crippen molar-refractivity contribution in [3.8, 4) is 11.5 Å². The smallest absolute Gasteiger partial charge is 0.118 e. The lowest BCUT2D eigenvalue weighted by Crippen LogP contribution is -2.04. The highest BCUT2D eigenvalue weighted by atomic mass is 16.3. The van der Waals surface area contributed by atoms with Crippen LogP contribution in [0.5, 0.6) is 11.5 Å². The first-order valence-electron chi connectivity index (χ1n) is 19.2. The molecule has 2 nitrogen and oxygen atoms in total. The molecule has 0 saturated carbocycles. The second-order valence-corrected chi connectivity index (χ2v) is 13.7. The highest BCUT2D eigenvalue weighted by Gasteiger charge is 2.18. The predicted octanol–water partition coefficient (Wildman–Crippen LogP) is 13.7. The van der Waals surface area contributed by atoms with Gasteiger partial charge in [-0.05, 0) is 66.5 Å². The van der Waals surface area contributed by atoms with Crippen molar-refractivity contribution in [3.05, 3.63) is 58.7 Å². The van der Waals surface area contributed by atoms with Crippen LogP contribution in [0.15, 0.2) is 36.4 Å². The van der Waals surface area contributed by atoms with Crippen LogP contribution in [0, 0.1) is 0 Å². The number of unbranched alkanes of at least 4 members (excludes halogenated alkanes) is 20. The van der Waals surface area contributed by atoms with Crippen molar-refractivity contribution in [2.24, 2.45) is 0 Å². The monoisotopic (exact) mass is 607 g/mol. The molecule has 0 saturated heterocycles. The molecule has 0 aromatic heterocycles. The summed E-state index contributed by atoms with van der Waals surface area (Å²) >= 11 is 0. The van der Waals surface area contributed by atoms with Gasteiger partial charge < -0.3 is 10.2 Å². The highest BCUT2D eigenvalue weighted by Crippen LogP contribution is 2.36. The minimum absolute atomic E-state index is 0.307. The fourth-order valence-corrected chi connectivity index (χ4v) is 6.77. The Kier molecular flexibility index (Phi) is 21.9. The summed E-state index contributed by atoms with van der Waals surface area (Å²) in [6, 6.07) is 12.8. The average Bonchev–Trinajstić information content (AvgIpc) is 3.03. The molecule has 0 spiro atoms. The van der Waals surface area contributed by atoms with Gasteiger partial charge in [-0.15, -0.1) is 0 Å². The maximum Gasteiger partial charge on any atom is 0.118 e. The molecule has 44 heavy (non-hydrogen) atoms. The van der Waals surface area contributed by atoms with Crippen LogP contribution in [-0.2, 0) is 12.8 Å². The molecule has 0 amide bonds. The number of benzene rings is 2. The van der Waals surface area contributed by atoms with Gasteiger partial charge in [0.25, 0.3) is 0 Å². The number of phenols is 2. The molecule has 0 bridgehead atoms. The van der Waals surface area contributed by atoms with Crippen LogP contribution in [0.4, 0.5) is 0 Å². The third-order valence-electron chi connectivity index (χ3n) is 9.71. The van der Waals surface area contributed by atoms with E-state index in [0.717, 1.165) is 43.2 Å². The van der Waals surface area contributed by atoms with Gasteiger partial charge in [-0.25, -0.2) is 0 Å². The molecule has 2 N–H and O–H groups in total. The lowest BCUT2D eigenvalue weighted by molar-refractivity contribution is 0.464. The van der Waals surface area contributed by atoms with Crippen molar-refractivity contribution >= 4 is 0 Å². The van der Waals surface area contributed by atoms with Gasteiger partial charge in [-0.1, -0.05) is 180 Å². The standard InChI is InChI=1S/C42H70O2/c1-4-7-10-13-16-17-20-23-26-29-40(36-30-32-41(43)38(34-36)27-24-21-18-14-11-8-5-2)37-31-33-42(44)39(35-37)28-25-22-19-15-12-9-6-3/h30-35,40,43-44H,4-29H2,1-3H3. The van der Waals surface area contributed by atoms with Crippen molar-refractivity contribution < 1.29 is 10.2 Å². The average molecular weight is 607 g/mol. The van der Waals surface area contributed by atoms with Crippen molar-refractivity contribution in [3.63, 3.8) is 0 Å². The van der Waals surface area contributed by atoms with E-state index in [2.05, 4.69) is 45.0 Å². The van der Waals surface area contributed by atoms with Crippen molar-refractivity contribution in [2.45, 2.75) is 194 Å². The number of phenolic OH excluding ortho intramolecular Hbond substituents is 2. The van der Waals surface area contributed by atoms with Gasteiger partial charge in [0, 0.05) is 5.92 Å². The van der Waals surface area contributed by atoms with Crippen LogP contribution in [0.1, 0.15) is 203 Å². The molecule has 0 heterocycles. The molecular formula is C42H70O2. The van der Waals surface area contributed by atoms with Crippen LogP contribution in [-0.4, -0.2) is 10.2 Å². The fourth-order valence-electron chi connectivity index (χ4n) is 6.77. The van der Waals surface area contributed by atoms with Gasteiger partial charge >= 0.3 is 0 Å². The molecule has 250 valence electrons. The summed E-state index contributed by atoms with van der Waals surface area (Å²) in [6.45, 7) is 6.83. The summed E-state index contributed by atoms with van der Waals surface area (Å²) in [6.07, 6.45) is 33.1. The summed E-state index contributed by atoms with van der Waals surface area (Å²) in [5, 5.41) is 21.5. The van der Waals surface area contributed by atoms with E-state index < -0.39 is 0 Å². The van der Waals surface area contributed by atoms with Crippen LogP contribution in [0.2, 0.25) is 0 Å². The molecule has 2 rings (SSSR count). The van der Waals surface area contributed by atoms with E-state index in [1.54, 1.807) is 0 Å². The van der Waals surface area contributed by atoms with Crippen molar-refractivity contribution in [1.29, 1.82) is 0 Å². The third-order valence-corrected chi connectivity index (χ3v) is 9.71. The molecule has 0 unspecified atom stereocenters. The van der Waals surface area contributed by atoms with E-state index in [4.69, 9.17) is 0 Å². The van der Waals surface area contributed by atoms with Gasteiger partial charge in [0.1, 0.15) is 11.5 Å². The predicted molar refractivity (Wildman–Crippen MR) is 193 cm³/mol. The van der Waals surface area contributed by atoms with E-state index in [1.165, 1.54) is 146 Å². The molecule has 2 aromatic rings. The maximum atomic E-state index is 10.7. The summed E-state index contributed by atoms with van der Waals surface area (Å²) in [7, 11) is 0. The first-order valence-corrected chi connectivity index (χ1v) is 19.2. The number of aromatic hydroxyl groups is 2. The number of hydrogen-bond acceptors (Lipinski definition) is 2. The number of hydrogen-bond donors (Lipinski definition) is 2. The van der Waals surface area contributed by atoms with Crippen molar-refractivity contribution in [1.82, 2.24) is 0 Å². The normalized spacial score (nSPS) is 11.5. The number of aryl methyl sites for hydroxylation is 2. The second-order valence-electron chi connectivity index (χ2n) is 13.7. The lowest BCUT2D eigenvalue weighted by Gasteiger charge is -2.21. The fraction of sp³-hybridized carbons (Fsp3) is 0.714. The van der Waals surface area contributed by atoms with Gasteiger partial charge in [0.15, 0.2) is 0 Å². The van der Waals surface area contributed by atoms with E-state index in [-0.39, 0.29) is 0 Å². The molecule has 0 fully saturated rings. The summed E-state index contributed by atoms with van der Waals surface area (Å²) in [5.74, 6) is 1.21. The zero-order chi connectivity index (χ0) is 31.7. The van der Waals surface area contributed by atoms with E-state index in [9.17, 15) is 10.2 Å². The summed E-state index contributed by atoms with van der Waals surface area (Å²) in [5.41, 5.74) is 4.87. The summed E-state index contributed by atoms with van der Waals surface area (Å²) < 4.78 is 0. The maximum absolute atomic E-state index is 10.7. The Labute approximate surface area is 273 Å². The largest absolute Gasteiger partial charge is 0.508 e. The molecule has 0 radical (unpaired) electrons. The van der Waals surface area contributed by atoms with E-state index in [0.29, 0.717) is 17.4 Å². The Balaban J connectivity index is 2.06. The van der Waals surface area contributed by atoms with Crippen LogP contribution in [0.25, 0.3) is 0 Å². The van der Waals surface area contributed by atoms with Gasteiger partial charge in [0.2, 0.25) is 0 Å². The first-order chi connectivity index (χ1) is 21.6. The quantitative estimate of drug-likeness (QED) is 0.0946. The van der Waals surface area contributed by atoms with Crippen LogP contribution < -0.4 is 0 Å². The number of rotatable bonds is 28. The topological polar surface area (TPSA) is 40.5 Å². The molecule has 0 aliphatic carbocycles. The molecular weight excluding hydrogens is 536 g/mol. The second kappa shape index (κ2) is 25.3. The molecule has 0 aliphatic rings. The Morgan fingerprint density at radius 1 is 0.409 bits per heavy atom. The first kappa shape index (κ1) is 38.2. The Bertz CT molecular complexity index is 897. The molecule has 2 heteroatoms. The summed E-state index contributed by atoms with van der Waals surface area (Å²) in [4.78, 5) is 0. The van der Waals surface area contributed by atoms with Gasteiger partial charge in [0.05, 0.1) is 0 Å². The van der Waals surface area contributed by atoms with Crippen LogP contribution in [0.3, 0.4) is 0 Å². The third kappa shape index (κ3) is 16.4. The Hall–Kier alpha value is -1.96. The van der Waals surface area contributed by atoms with E-state index in [1.807, 2.05) is 12.1 Å². The highest BCUT2D eigenvalue weighted by molar-refractivity contribution is 5.44. The van der Waals surface area contributed by atoms with Crippen molar-refractivity contribution in [2.75, 3.05) is 0 Å².